The monoisotopic (exact) mass is 230 g/mol. The van der Waals surface area contributed by atoms with Gasteiger partial charge in [-0.3, -0.25) is 5.10 Å². The summed E-state index contributed by atoms with van der Waals surface area (Å²) in [6, 6.07) is 10.5. The smallest absolute Gasteiger partial charge is 0.0490 e. The molecule has 90 valence electrons. The van der Waals surface area contributed by atoms with Gasteiger partial charge in [0.15, 0.2) is 0 Å². The average Bonchev–Trinajstić information content (AvgIpc) is 2.83. The SMILES string of the molecule is CN(C)c1ccc(CNCc2ccn[nH]2)cc1. The lowest BCUT2D eigenvalue weighted by molar-refractivity contribution is 0.677. The van der Waals surface area contributed by atoms with Gasteiger partial charge in [0.05, 0.1) is 0 Å². The number of benzene rings is 1. The van der Waals surface area contributed by atoms with Gasteiger partial charge in [-0.05, 0) is 23.8 Å². The molecule has 1 heterocycles. The predicted octanol–water partition coefficient (Wildman–Crippen LogP) is 1.77. The molecule has 0 unspecified atom stereocenters. The third-order valence-electron chi connectivity index (χ3n) is 2.66. The highest BCUT2D eigenvalue weighted by atomic mass is 15.1. The Morgan fingerprint density at radius 2 is 1.88 bits per heavy atom. The van der Waals surface area contributed by atoms with E-state index >= 15 is 0 Å². The molecule has 2 N–H and O–H groups in total. The van der Waals surface area contributed by atoms with E-state index in [0.29, 0.717) is 0 Å². The lowest BCUT2D eigenvalue weighted by Gasteiger charge is -2.12. The number of nitrogens with one attached hydrogen (secondary N) is 2. The van der Waals surface area contributed by atoms with E-state index in [9.17, 15) is 0 Å². The van der Waals surface area contributed by atoms with Crippen molar-refractivity contribution in [1.29, 1.82) is 0 Å². The molecule has 0 bridgehead atoms. The fourth-order valence-corrected chi connectivity index (χ4v) is 1.64. The standard InChI is InChI=1S/C13H18N4/c1-17(2)13-5-3-11(4-6-13)9-14-10-12-7-8-15-16-12/h3-8,14H,9-10H2,1-2H3,(H,15,16). The van der Waals surface area contributed by atoms with E-state index in [4.69, 9.17) is 0 Å². The molecule has 0 radical (unpaired) electrons. The van der Waals surface area contributed by atoms with Gasteiger partial charge in [0.1, 0.15) is 0 Å². The summed E-state index contributed by atoms with van der Waals surface area (Å²) in [5, 5.41) is 10.2. The van der Waals surface area contributed by atoms with Crippen molar-refractivity contribution in [3.05, 3.63) is 47.8 Å². The Morgan fingerprint density at radius 3 is 2.47 bits per heavy atom. The molecule has 0 aliphatic carbocycles. The van der Waals surface area contributed by atoms with Crippen molar-refractivity contribution >= 4 is 5.69 Å². The lowest BCUT2D eigenvalue weighted by atomic mass is 10.2. The van der Waals surface area contributed by atoms with E-state index in [1.165, 1.54) is 11.3 Å². The first-order valence-electron chi connectivity index (χ1n) is 5.71. The van der Waals surface area contributed by atoms with Crippen LogP contribution in [-0.4, -0.2) is 24.3 Å². The third kappa shape index (κ3) is 3.32. The summed E-state index contributed by atoms with van der Waals surface area (Å²) < 4.78 is 0. The van der Waals surface area contributed by atoms with Crippen LogP contribution in [0, 0.1) is 0 Å². The minimum atomic E-state index is 0.815. The maximum absolute atomic E-state index is 3.91. The zero-order valence-corrected chi connectivity index (χ0v) is 10.3. The van der Waals surface area contributed by atoms with Crippen LogP contribution in [-0.2, 0) is 13.1 Å². The largest absolute Gasteiger partial charge is 0.378 e. The summed E-state index contributed by atoms with van der Waals surface area (Å²) in [6.07, 6.45) is 1.77. The summed E-state index contributed by atoms with van der Waals surface area (Å²) in [6.45, 7) is 1.68. The molecule has 0 aliphatic heterocycles. The van der Waals surface area contributed by atoms with E-state index in [1.54, 1.807) is 6.20 Å². The molecule has 4 nitrogen and oxygen atoms in total. The number of aromatic nitrogens is 2. The molecule has 0 atom stereocenters. The molecule has 0 fully saturated rings. The molecule has 1 aromatic carbocycles. The summed E-state index contributed by atoms with van der Waals surface area (Å²) >= 11 is 0. The van der Waals surface area contributed by atoms with Gasteiger partial charge in [-0.2, -0.15) is 5.10 Å². The first-order chi connectivity index (χ1) is 8.25. The van der Waals surface area contributed by atoms with Gasteiger partial charge < -0.3 is 10.2 Å². The van der Waals surface area contributed by atoms with Gasteiger partial charge in [0.2, 0.25) is 0 Å². The molecular weight excluding hydrogens is 212 g/mol. The van der Waals surface area contributed by atoms with Crippen LogP contribution in [0.1, 0.15) is 11.3 Å². The highest BCUT2D eigenvalue weighted by Crippen LogP contribution is 2.11. The quantitative estimate of drug-likeness (QED) is 0.822. The summed E-state index contributed by atoms with van der Waals surface area (Å²) in [7, 11) is 4.09. The van der Waals surface area contributed by atoms with E-state index in [2.05, 4.69) is 44.7 Å². The Hall–Kier alpha value is -1.81. The molecule has 0 spiro atoms. The Morgan fingerprint density at radius 1 is 1.12 bits per heavy atom. The van der Waals surface area contributed by atoms with Crippen molar-refractivity contribution in [2.24, 2.45) is 0 Å². The van der Waals surface area contributed by atoms with Crippen LogP contribution in [0.25, 0.3) is 0 Å². The van der Waals surface area contributed by atoms with Crippen molar-refractivity contribution in [2.75, 3.05) is 19.0 Å². The van der Waals surface area contributed by atoms with Crippen LogP contribution < -0.4 is 10.2 Å². The maximum Gasteiger partial charge on any atom is 0.0490 e. The number of hydrogen-bond acceptors (Lipinski definition) is 3. The van der Waals surface area contributed by atoms with Gasteiger partial charge in [-0.15, -0.1) is 0 Å². The Labute approximate surface area is 102 Å². The molecule has 0 saturated heterocycles. The van der Waals surface area contributed by atoms with E-state index < -0.39 is 0 Å². The van der Waals surface area contributed by atoms with Crippen molar-refractivity contribution in [1.82, 2.24) is 15.5 Å². The second-order valence-corrected chi connectivity index (χ2v) is 4.25. The molecule has 0 amide bonds. The van der Waals surface area contributed by atoms with Gasteiger partial charge in [-0.1, -0.05) is 12.1 Å². The van der Waals surface area contributed by atoms with Crippen LogP contribution in [0.2, 0.25) is 0 Å². The molecule has 17 heavy (non-hydrogen) atoms. The number of aromatic amines is 1. The molecule has 0 saturated carbocycles. The number of rotatable bonds is 5. The highest BCUT2D eigenvalue weighted by molar-refractivity contribution is 5.45. The molecular formula is C13H18N4. The molecule has 1 aromatic heterocycles. The van der Waals surface area contributed by atoms with Gasteiger partial charge in [0.25, 0.3) is 0 Å². The first kappa shape index (κ1) is 11.7. The number of anilines is 1. The minimum absolute atomic E-state index is 0.815. The highest BCUT2D eigenvalue weighted by Gasteiger charge is 1.97. The van der Waals surface area contributed by atoms with Crippen LogP contribution in [0.3, 0.4) is 0 Å². The van der Waals surface area contributed by atoms with Gasteiger partial charge in [0, 0.05) is 44.8 Å². The fraction of sp³-hybridized carbons (Fsp3) is 0.308. The maximum atomic E-state index is 3.91. The first-order valence-corrected chi connectivity index (χ1v) is 5.71. The molecule has 0 aliphatic rings. The number of nitrogens with zero attached hydrogens (tertiary/aromatic N) is 2. The van der Waals surface area contributed by atoms with Gasteiger partial charge in [-0.25, -0.2) is 0 Å². The number of hydrogen-bond donors (Lipinski definition) is 2. The second kappa shape index (κ2) is 5.50. The second-order valence-electron chi connectivity index (χ2n) is 4.25. The zero-order chi connectivity index (χ0) is 12.1. The lowest BCUT2D eigenvalue weighted by Crippen LogP contribution is -2.13. The summed E-state index contributed by atoms with van der Waals surface area (Å²) in [5.74, 6) is 0. The molecule has 2 aromatic rings. The van der Waals surface area contributed by atoms with Crippen LogP contribution in [0.15, 0.2) is 36.5 Å². The Kier molecular flexibility index (Phi) is 3.77. The molecule has 2 rings (SSSR count). The average molecular weight is 230 g/mol. The van der Waals surface area contributed by atoms with E-state index in [1.807, 2.05) is 20.2 Å². The Bertz CT molecular complexity index is 431. The van der Waals surface area contributed by atoms with Crippen molar-refractivity contribution in [3.63, 3.8) is 0 Å². The van der Waals surface area contributed by atoms with Crippen molar-refractivity contribution in [3.8, 4) is 0 Å². The number of H-pyrrole nitrogens is 1. The van der Waals surface area contributed by atoms with Crippen molar-refractivity contribution in [2.45, 2.75) is 13.1 Å². The van der Waals surface area contributed by atoms with E-state index in [-0.39, 0.29) is 0 Å². The predicted molar refractivity (Wildman–Crippen MR) is 69.9 cm³/mol. The van der Waals surface area contributed by atoms with Crippen molar-refractivity contribution < 1.29 is 0 Å². The fourth-order valence-electron chi connectivity index (χ4n) is 1.64. The minimum Gasteiger partial charge on any atom is -0.378 e. The third-order valence-corrected chi connectivity index (χ3v) is 2.66. The topological polar surface area (TPSA) is 44.0 Å². The Balaban J connectivity index is 1.83. The van der Waals surface area contributed by atoms with Crippen LogP contribution >= 0.6 is 0 Å². The van der Waals surface area contributed by atoms with Crippen LogP contribution in [0.4, 0.5) is 5.69 Å². The molecule has 4 heteroatoms. The normalized spacial score (nSPS) is 10.5. The van der Waals surface area contributed by atoms with E-state index in [0.717, 1.165) is 18.8 Å². The zero-order valence-electron chi connectivity index (χ0n) is 10.3. The summed E-state index contributed by atoms with van der Waals surface area (Å²) in [4.78, 5) is 2.10. The van der Waals surface area contributed by atoms with Gasteiger partial charge >= 0.3 is 0 Å². The van der Waals surface area contributed by atoms with Crippen LogP contribution in [0.5, 0.6) is 0 Å². The summed E-state index contributed by atoms with van der Waals surface area (Å²) in [5.41, 5.74) is 3.62.